The molecule has 1 heterocycles. The van der Waals surface area contributed by atoms with Gasteiger partial charge in [-0.15, -0.1) is 0 Å². The monoisotopic (exact) mass is 462 g/mol. The maximum Gasteiger partial charge on any atom is 0.243 e. The molecule has 1 atom stereocenters. The SMILES string of the molecule is COc1cc(CN(C)C(=O)[C@@H]2CCCN(S(=O)(=O)c3ccccc3)C2)cc(OC)c1OC. The molecule has 9 heteroatoms. The van der Waals surface area contributed by atoms with Crippen molar-refractivity contribution in [2.45, 2.75) is 24.3 Å². The molecule has 0 bridgehead atoms. The topological polar surface area (TPSA) is 85.4 Å². The summed E-state index contributed by atoms with van der Waals surface area (Å²) >= 11 is 0. The lowest BCUT2D eigenvalue weighted by atomic mass is 9.98. The molecule has 0 saturated carbocycles. The lowest BCUT2D eigenvalue weighted by Crippen LogP contribution is -2.45. The van der Waals surface area contributed by atoms with Crippen LogP contribution in [-0.2, 0) is 21.4 Å². The summed E-state index contributed by atoms with van der Waals surface area (Å²) < 4.78 is 43.5. The van der Waals surface area contributed by atoms with Crippen LogP contribution in [0.5, 0.6) is 17.2 Å². The van der Waals surface area contributed by atoms with Crippen molar-refractivity contribution < 1.29 is 27.4 Å². The minimum Gasteiger partial charge on any atom is -0.493 e. The molecule has 0 radical (unpaired) electrons. The molecule has 0 aromatic heterocycles. The van der Waals surface area contributed by atoms with E-state index in [1.54, 1.807) is 68.6 Å². The fraction of sp³-hybridized carbons (Fsp3) is 0.435. The number of hydrogen-bond acceptors (Lipinski definition) is 6. The van der Waals surface area contributed by atoms with Gasteiger partial charge in [0.1, 0.15) is 0 Å². The molecule has 2 aromatic carbocycles. The molecule has 0 spiro atoms. The van der Waals surface area contributed by atoms with E-state index in [-0.39, 0.29) is 17.3 Å². The van der Waals surface area contributed by atoms with Crippen LogP contribution in [0.1, 0.15) is 18.4 Å². The van der Waals surface area contributed by atoms with Crippen molar-refractivity contribution in [2.75, 3.05) is 41.5 Å². The Morgan fingerprint density at radius 2 is 1.69 bits per heavy atom. The van der Waals surface area contributed by atoms with Crippen molar-refractivity contribution in [3.63, 3.8) is 0 Å². The lowest BCUT2D eigenvalue weighted by Gasteiger charge is -2.33. The Labute approximate surface area is 189 Å². The molecule has 3 rings (SSSR count). The zero-order valence-corrected chi connectivity index (χ0v) is 19.7. The molecular weight excluding hydrogens is 432 g/mol. The first-order valence-corrected chi connectivity index (χ1v) is 11.8. The van der Waals surface area contributed by atoms with Crippen LogP contribution < -0.4 is 14.2 Å². The maximum atomic E-state index is 13.2. The molecule has 0 N–H and O–H groups in total. The summed E-state index contributed by atoms with van der Waals surface area (Å²) in [6.45, 7) is 0.921. The number of methoxy groups -OCH3 is 3. The smallest absolute Gasteiger partial charge is 0.243 e. The van der Waals surface area contributed by atoms with E-state index in [2.05, 4.69) is 0 Å². The van der Waals surface area contributed by atoms with Gasteiger partial charge >= 0.3 is 0 Å². The molecule has 1 aliphatic rings. The maximum absolute atomic E-state index is 13.2. The third-order valence-electron chi connectivity index (χ3n) is 5.63. The van der Waals surface area contributed by atoms with E-state index < -0.39 is 15.9 Å². The van der Waals surface area contributed by atoms with Crippen LogP contribution >= 0.6 is 0 Å². The Balaban J connectivity index is 1.73. The molecule has 8 nitrogen and oxygen atoms in total. The number of piperidine rings is 1. The van der Waals surface area contributed by atoms with Gasteiger partial charge in [0.25, 0.3) is 0 Å². The molecule has 0 unspecified atom stereocenters. The first kappa shape index (κ1) is 23.9. The fourth-order valence-electron chi connectivity index (χ4n) is 3.99. The Hall–Kier alpha value is -2.78. The zero-order valence-electron chi connectivity index (χ0n) is 18.9. The van der Waals surface area contributed by atoms with Crippen molar-refractivity contribution in [2.24, 2.45) is 5.92 Å². The van der Waals surface area contributed by atoms with Crippen molar-refractivity contribution in [3.8, 4) is 17.2 Å². The van der Waals surface area contributed by atoms with E-state index in [9.17, 15) is 13.2 Å². The minimum absolute atomic E-state index is 0.0910. The van der Waals surface area contributed by atoms with Gasteiger partial charge in [-0.25, -0.2) is 8.42 Å². The van der Waals surface area contributed by atoms with Crippen LogP contribution in [0, 0.1) is 5.92 Å². The summed E-state index contributed by atoms with van der Waals surface area (Å²) in [4.78, 5) is 15.0. The lowest BCUT2D eigenvalue weighted by molar-refractivity contribution is -0.135. The fourth-order valence-corrected chi connectivity index (χ4v) is 5.54. The summed E-state index contributed by atoms with van der Waals surface area (Å²) in [7, 11) is 2.71. The number of benzene rings is 2. The average Bonchev–Trinajstić information content (AvgIpc) is 2.83. The number of hydrogen-bond donors (Lipinski definition) is 0. The number of nitrogens with zero attached hydrogens (tertiary/aromatic N) is 2. The van der Waals surface area contributed by atoms with Gasteiger partial charge < -0.3 is 19.1 Å². The van der Waals surface area contributed by atoms with E-state index >= 15 is 0 Å². The minimum atomic E-state index is -3.62. The molecule has 32 heavy (non-hydrogen) atoms. The summed E-state index contributed by atoms with van der Waals surface area (Å²) in [5, 5.41) is 0. The first-order chi connectivity index (χ1) is 15.3. The second-order valence-corrected chi connectivity index (χ2v) is 9.68. The van der Waals surface area contributed by atoms with E-state index in [0.717, 1.165) is 5.56 Å². The summed E-state index contributed by atoms with van der Waals surface area (Å²) in [6.07, 6.45) is 1.29. The highest BCUT2D eigenvalue weighted by Crippen LogP contribution is 2.38. The molecular formula is C23H30N2O6S. The zero-order chi connectivity index (χ0) is 23.3. The highest BCUT2D eigenvalue weighted by Gasteiger charge is 2.34. The van der Waals surface area contributed by atoms with Crippen LogP contribution in [0.25, 0.3) is 0 Å². The number of carbonyl (C=O) groups is 1. The van der Waals surface area contributed by atoms with Gasteiger partial charge in [0, 0.05) is 26.7 Å². The van der Waals surface area contributed by atoms with E-state index in [4.69, 9.17) is 14.2 Å². The Kier molecular flexibility index (Phi) is 7.63. The van der Waals surface area contributed by atoms with Crippen LogP contribution in [-0.4, -0.2) is 65.0 Å². The number of rotatable bonds is 8. The normalized spacial score (nSPS) is 16.9. The van der Waals surface area contributed by atoms with Crippen LogP contribution in [0.15, 0.2) is 47.4 Å². The van der Waals surface area contributed by atoms with Crippen LogP contribution in [0.4, 0.5) is 0 Å². The Morgan fingerprint density at radius 3 is 2.25 bits per heavy atom. The summed E-state index contributed by atoms with van der Waals surface area (Å²) in [5.74, 6) is 1.03. The third-order valence-corrected chi connectivity index (χ3v) is 7.51. The number of ether oxygens (including phenoxy) is 3. The molecule has 0 aliphatic carbocycles. The molecule has 2 aromatic rings. The second-order valence-electron chi connectivity index (χ2n) is 7.74. The molecule has 174 valence electrons. The van der Waals surface area contributed by atoms with Gasteiger partial charge in [0.05, 0.1) is 32.1 Å². The number of sulfonamides is 1. The van der Waals surface area contributed by atoms with Gasteiger partial charge in [0.15, 0.2) is 11.5 Å². The molecule has 1 amide bonds. The van der Waals surface area contributed by atoms with Crippen molar-refractivity contribution >= 4 is 15.9 Å². The van der Waals surface area contributed by atoms with Gasteiger partial charge in [-0.3, -0.25) is 4.79 Å². The molecule has 1 fully saturated rings. The van der Waals surface area contributed by atoms with Crippen LogP contribution in [0.2, 0.25) is 0 Å². The summed E-state index contributed by atoms with van der Waals surface area (Å²) in [6, 6.07) is 11.9. The second kappa shape index (κ2) is 10.2. The number of amides is 1. The molecule has 1 aliphatic heterocycles. The van der Waals surface area contributed by atoms with Crippen molar-refractivity contribution in [1.82, 2.24) is 9.21 Å². The Morgan fingerprint density at radius 1 is 1.06 bits per heavy atom. The van der Waals surface area contributed by atoms with Gasteiger partial charge in [-0.1, -0.05) is 18.2 Å². The number of carbonyl (C=O) groups excluding carboxylic acids is 1. The predicted octanol–water partition coefficient (Wildman–Crippen LogP) is 2.77. The largest absolute Gasteiger partial charge is 0.493 e. The van der Waals surface area contributed by atoms with Crippen molar-refractivity contribution in [1.29, 1.82) is 0 Å². The average molecular weight is 463 g/mol. The first-order valence-electron chi connectivity index (χ1n) is 10.4. The van der Waals surface area contributed by atoms with Crippen LogP contribution in [0.3, 0.4) is 0 Å². The highest BCUT2D eigenvalue weighted by atomic mass is 32.2. The van der Waals surface area contributed by atoms with Gasteiger partial charge in [-0.2, -0.15) is 4.31 Å². The predicted molar refractivity (Wildman–Crippen MR) is 120 cm³/mol. The van der Waals surface area contributed by atoms with Gasteiger partial charge in [-0.05, 0) is 42.7 Å². The van der Waals surface area contributed by atoms with E-state index in [0.29, 0.717) is 43.2 Å². The van der Waals surface area contributed by atoms with Gasteiger partial charge in [0.2, 0.25) is 21.7 Å². The quantitative estimate of drug-likeness (QED) is 0.600. The molecule has 1 saturated heterocycles. The standard InChI is InChI=1S/C23H30N2O6S/c1-24(15-17-13-20(29-2)22(31-4)21(14-17)30-3)23(26)18-9-8-12-25(16-18)32(27,28)19-10-6-5-7-11-19/h5-7,10-11,13-14,18H,8-9,12,15-16H2,1-4H3/t18-/m1/s1. The summed E-state index contributed by atoms with van der Waals surface area (Å²) in [5.41, 5.74) is 0.819. The highest BCUT2D eigenvalue weighted by molar-refractivity contribution is 7.89. The van der Waals surface area contributed by atoms with E-state index in [1.807, 2.05) is 0 Å². The van der Waals surface area contributed by atoms with Crippen molar-refractivity contribution in [3.05, 3.63) is 48.0 Å². The van der Waals surface area contributed by atoms with E-state index in [1.165, 1.54) is 11.4 Å². The third kappa shape index (κ3) is 4.99. The Bertz CT molecular complexity index is 1020.